The molecule has 0 amide bonds. The first-order valence-corrected chi connectivity index (χ1v) is 7.15. The number of aliphatic carboxylic acids is 1. The molecule has 0 spiro atoms. The minimum Gasteiger partial charge on any atom is -0.479 e. The summed E-state index contributed by atoms with van der Waals surface area (Å²) in [5.74, 6) is -1.60. The third-order valence-corrected chi connectivity index (χ3v) is 3.91. The van der Waals surface area contributed by atoms with Gasteiger partial charge in [-0.2, -0.15) is 5.10 Å². The Morgan fingerprint density at radius 1 is 1.36 bits per heavy atom. The Balaban J connectivity index is 2.45. The fraction of sp³-hybridized carbons (Fsp3) is 0.438. The number of carbonyl (C=O) groups excluding carboxylic acids is 1. The Kier molecular flexibility index (Phi) is 4.21. The van der Waals surface area contributed by atoms with Crippen molar-refractivity contribution in [1.29, 1.82) is 0 Å². The molecule has 0 bridgehead atoms. The highest BCUT2D eigenvalue weighted by Crippen LogP contribution is 2.34. The molecule has 22 heavy (non-hydrogen) atoms. The van der Waals surface area contributed by atoms with E-state index in [1.807, 2.05) is 26.0 Å². The number of anilines is 1. The van der Waals surface area contributed by atoms with Gasteiger partial charge in [0.05, 0.1) is 12.3 Å². The highest BCUT2D eigenvalue weighted by Gasteiger charge is 2.48. The molecule has 0 fully saturated rings. The third kappa shape index (κ3) is 2.68. The Morgan fingerprint density at radius 3 is 2.59 bits per heavy atom. The quantitative estimate of drug-likeness (QED) is 0.863. The summed E-state index contributed by atoms with van der Waals surface area (Å²) in [5.41, 5.74) is 1.61. The Labute approximate surface area is 129 Å². The molecule has 1 aromatic rings. The highest BCUT2D eigenvalue weighted by atomic mass is 16.5. The van der Waals surface area contributed by atoms with Crippen LogP contribution in [0.15, 0.2) is 23.3 Å². The first-order chi connectivity index (χ1) is 10.3. The summed E-state index contributed by atoms with van der Waals surface area (Å²) in [7, 11) is 0. The molecule has 2 rings (SSSR count). The predicted molar refractivity (Wildman–Crippen MR) is 83.1 cm³/mol. The van der Waals surface area contributed by atoms with Crippen LogP contribution in [0.3, 0.4) is 0 Å². The van der Waals surface area contributed by atoms with Gasteiger partial charge in [-0.1, -0.05) is 6.07 Å². The van der Waals surface area contributed by atoms with Gasteiger partial charge in [0.15, 0.2) is 5.54 Å². The van der Waals surface area contributed by atoms with E-state index >= 15 is 0 Å². The van der Waals surface area contributed by atoms with E-state index in [9.17, 15) is 14.7 Å². The van der Waals surface area contributed by atoms with E-state index in [0.717, 1.165) is 11.1 Å². The topological polar surface area (TPSA) is 79.2 Å². The smallest absolute Gasteiger partial charge is 0.354 e. The van der Waals surface area contributed by atoms with Gasteiger partial charge in [-0.3, -0.25) is 0 Å². The number of carboxylic acid groups (broad SMARTS) is 1. The number of hydrogen-bond donors (Lipinski definition) is 1. The van der Waals surface area contributed by atoms with E-state index < -0.39 is 17.5 Å². The molecule has 0 aliphatic carbocycles. The zero-order valence-corrected chi connectivity index (χ0v) is 13.2. The second kappa shape index (κ2) is 5.79. The minimum atomic E-state index is -1.30. The van der Waals surface area contributed by atoms with E-state index in [1.54, 1.807) is 19.9 Å². The maximum atomic E-state index is 11.9. The largest absolute Gasteiger partial charge is 0.479 e. The lowest BCUT2D eigenvalue weighted by Crippen LogP contribution is -2.47. The van der Waals surface area contributed by atoms with Crippen molar-refractivity contribution in [2.24, 2.45) is 5.10 Å². The number of hydrazone groups is 1. The van der Waals surface area contributed by atoms with Gasteiger partial charge >= 0.3 is 11.9 Å². The van der Waals surface area contributed by atoms with Crippen molar-refractivity contribution in [3.8, 4) is 0 Å². The van der Waals surface area contributed by atoms with E-state index in [2.05, 4.69) is 5.10 Å². The Morgan fingerprint density at radius 2 is 2.05 bits per heavy atom. The van der Waals surface area contributed by atoms with Gasteiger partial charge < -0.3 is 9.84 Å². The number of nitrogens with zero attached hydrogens (tertiary/aromatic N) is 2. The molecule has 0 saturated carbocycles. The molecular weight excluding hydrogens is 284 g/mol. The molecule has 1 aliphatic heterocycles. The molecule has 6 heteroatoms. The molecule has 1 atom stereocenters. The lowest BCUT2D eigenvalue weighted by atomic mass is 9.95. The number of carboxylic acids is 1. The molecule has 118 valence electrons. The molecule has 1 aromatic carbocycles. The van der Waals surface area contributed by atoms with Crippen molar-refractivity contribution in [3.05, 3.63) is 29.3 Å². The maximum absolute atomic E-state index is 11.9. The monoisotopic (exact) mass is 304 g/mol. The van der Waals surface area contributed by atoms with Gasteiger partial charge in [0.1, 0.15) is 5.71 Å². The predicted octanol–water partition coefficient (Wildman–Crippen LogP) is 2.28. The Bertz CT molecular complexity index is 654. The summed E-state index contributed by atoms with van der Waals surface area (Å²) in [6, 6.07) is 5.58. The normalized spacial score (nSPS) is 20.7. The number of carbonyl (C=O) groups is 2. The minimum absolute atomic E-state index is 0.00803. The third-order valence-electron chi connectivity index (χ3n) is 3.91. The highest BCUT2D eigenvalue weighted by molar-refractivity contribution is 6.38. The van der Waals surface area contributed by atoms with Crippen molar-refractivity contribution in [3.63, 3.8) is 0 Å². The number of aryl methyl sites for hydroxylation is 2. The number of ether oxygens (including phenoxy) is 1. The SMILES string of the molecule is CCOC(=O)C1=NN(c2ccc(C)c(C)c2)[C@](C)(C(=O)O)C1. The van der Waals surface area contributed by atoms with Crippen LogP contribution < -0.4 is 5.01 Å². The summed E-state index contributed by atoms with van der Waals surface area (Å²) in [5, 5.41) is 15.2. The molecule has 6 nitrogen and oxygen atoms in total. The van der Waals surface area contributed by atoms with Gasteiger partial charge in [-0.15, -0.1) is 0 Å². The number of hydrogen-bond acceptors (Lipinski definition) is 5. The number of rotatable bonds is 4. The molecule has 0 aromatic heterocycles. The fourth-order valence-corrected chi connectivity index (χ4v) is 2.36. The zero-order valence-electron chi connectivity index (χ0n) is 13.2. The lowest BCUT2D eigenvalue weighted by molar-refractivity contribution is -0.142. The van der Waals surface area contributed by atoms with Crippen molar-refractivity contribution in [2.75, 3.05) is 11.6 Å². The van der Waals surface area contributed by atoms with Crippen LogP contribution in [-0.2, 0) is 14.3 Å². The van der Waals surface area contributed by atoms with Crippen molar-refractivity contribution >= 4 is 23.3 Å². The molecule has 1 heterocycles. The van der Waals surface area contributed by atoms with Crippen LogP contribution in [0.4, 0.5) is 5.69 Å². The van der Waals surface area contributed by atoms with E-state index in [1.165, 1.54) is 5.01 Å². The molecule has 1 aliphatic rings. The summed E-state index contributed by atoms with van der Waals surface area (Å²) in [6.45, 7) is 7.41. The van der Waals surface area contributed by atoms with E-state index in [4.69, 9.17) is 4.74 Å². The molecular formula is C16H20N2O4. The van der Waals surface area contributed by atoms with Crippen molar-refractivity contribution in [2.45, 2.75) is 39.7 Å². The van der Waals surface area contributed by atoms with Crippen LogP contribution in [-0.4, -0.2) is 34.9 Å². The van der Waals surface area contributed by atoms with Gasteiger partial charge in [-0.05, 0) is 51.0 Å². The summed E-state index contributed by atoms with van der Waals surface area (Å²) in [6.07, 6.45) is 0.00803. The van der Waals surface area contributed by atoms with Gasteiger partial charge in [0.25, 0.3) is 0 Å². The molecule has 0 saturated heterocycles. The van der Waals surface area contributed by atoms with Crippen molar-refractivity contribution < 1.29 is 19.4 Å². The maximum Gasteiger partial charge on any atom is 0.354 e. The van der Waals surface area contributed by atoms with Crippen LogP contribution in [0.5, 0.6) is 0 Å². The average molecular weight is 304 g/mol. The van der Waals surface area contributed by atoms with Gasteiger partial charge in [-0.25, -0.2) is 14.6 Å². The van der Waals surface area contributed by atoms with Crippen LogP contribution in [0.25, 0.3) is 0 Å². The second-order valence-electron chi connectivity index (χ2n) is 5.60. The van der Waals surface area contributed by atoms with Crippen LogP contribution in [0.2, 0.25) is 0 Å². The van der Waals surface area contributed by atoms with Crippen LogP contribution in [0, 0.1) is 13.8 Å². The summed E-state index contributed by atoms with van der Waals surface area (Å²) >= 11 is 0. The second-order valence-corrected chi connectivity index (χ2v) is 5.60. The van der Waals surface area contributed by atoms with E-state index in [0.29, 0.717) is 5.69 Å². The average Bonchev–Trinajstić information content (AvgIpc) is 2.82. The first-order valence-electron chi connectivity index (χ1n) is 7.15. The van der Waals surface area contributed by atoms with E-state index in [-0.39, 0.29) is 18.7 Å². The molecule has 0 unspecified atom stereocenters. The standard InChI is InChI=1S/C16H20N2O4/c1-5-22-14(19)13-9-16(4,15(20)21)18(17-13)12-7-6-10(2)11(3)8-12/h6-8H,5,9H2,1-4H3,(H,20,21)/t16-/m0/s1. The number of benzene rings is 1. The van der Waals surface area contributed by atoms with Crippen molar-refractivity contribution in [1.82, 2.24) is 0 Å². The zero-order chi connectivity index (χ0) is 16.5. The number of esters is 1. The summed E-state index contributed by atoms with van der Waals surface area (Å²) < 4.78 is 4.94. The van der Waals surface area contributed by atoms with Crippen LogP contribution in [0.1, 0.15) is 31.4 Å². The van der Waals surface area contributed by atoms with Gasteiger partial charge in [0, 0.05) is 6.42 Å². The molecule has 1 N–H and O–H groups in total. The Hall–Kier alpha value is -2.37. The lowest BCUT2D eigenvalue weighted by Gasteiger charge is -2.30. The molecule has 0 radical (unpaired) electrons. The summed E-state index contributed by atoms with van der Waals surface area (Å²) in [4.78, 5) is 23.6. The van der Waals surface area contributed by atoms with Crippen LogP contribution >= 0.6 is 0 Å². The fourth-order valence-electron chi connectivity index (χ4n) is 2.36. The first kappa shape index (κ1) is 16.0. The van der Waals surface area contributed by atoms with Gasteiger partial charge in [0.2, 0.25) is 0 Å².